The SMILES string of the molecule is COC(=O)c1ccnc(OCC2CCCCO2)c1. The van der Waals surface area contributed by atoms with Crippen LogP contribution in [-0.2, 0) is 9.47 Å². The van der Waals surface area contributed by atoms with Gasteiger partial charge in [-0.3, -0.25) is 0 Å². The number of carbonyl (C=O) groups excluding carboxylic acids is 1. The Kier molecular flexibility index (Phi) is 4.52. The van der Waals surface area contributed by atoms with Gasteiger partial charge in [0.15, 0.2) is 0 Å². The maximum absolute atomic E-state index is 11.3. The first-order chi connectivity index (χ1) is 8.79. The van der Waals surface area contributed by atoms with Gasteiger partial charge >= 0.3 is 5.97 Å². The summed E-state index contributed by atoms with van der Waals surface area (Å²) in [6, 6.07) is 3.17. The highest BCUT2D eigenvalue weighted by atomic mass is 16.5. The van der Waals surface area contributed by atoms with Gasteiger partial charge in [0, 0.05) is 18.9 Å². The van der Waals surface area contributed by atoms with Crippen LogP contribution in [-0.4, -0.2) is 37.4 Å². The number of aromatic nitrogens is 1. The summed E-state index contributed by atoms with van der Waals surface area (Å²) in [7, 11) is 1.35. The number of hydrogen-bond donors (Lipinski definition) is 0. The van der Waals surface area contributed by atoms with E-state index in [9.17, 15) is 4.79 Å². The average Bonchev–Trinajstić information content (AvgIpc) is 2.45. The topological polar surface area (TPSA) is 57.7 Å². The van der Waals surface area contributed by atoms with Gasteiger partial charge in [0.1, 0.15) is 6.61 Å². The van der Waals surface area contributed by atoms with Crippen molar-refractivity contribution in [2.24, 2.45) is 0 Å². The highest BCUT2D eigenvalue weighted by molar-refractivity contribution is 5.89. The second-order valence-corrected chi connectivity index (χ2v) is 4.17. The molecule has 1 aliphatic heterocycles. The molecule has 0 spiro atoms. The van der Waals surface area contributed by atoms with E-state index in [0.717, 1.165) is 19.4 Å². The summed E-state index contributed by atoms with van der Waals surface area (Å²) in [5.41, 5.74) is 0.437. The lowest BCUT2D eigenvalue weighted by Crippen LogP contribution is -2.26. The lowest BCUT2D eigenvalue weighted by atomic mass is 10.1. The molecule has 2 rings (SSSR count). The minimum atomic E-state index is -0.392. The lowest BCUT2D eigenvalue weighted by Gasteiger charge is -2.22. The summed E-state index contributed by atoms with van der Waals surface area (Å²) in [6.45, 7) is 1.27. The molecular formula is C13H17NO4. The molecular weight excluding hydrogens is 234 g/mol. The number of pyridine rings is 1. The monoisotopic (exact) mass is 251 g/mol. The molecule has 5 nitrogen and oxygen atoms in total. The van der Waals surface area contributed by atoms with E-state index in [0.29, 0.717) is 18.1 Å². The fourth-order valence-corrected chi connectivity index (χ4v) is 1.85. The summed E-state index contributed by atoms with van der Waals surface area (Å²) in [4.78, 5) is 15.4. The van der Waals surface area contributed by atoms with Crippen molar-refractivity contribution in [1.82, 2.24) is 4.98 Å². The zero-order chi connectivity index (χ0) is 12.8. The van der Waals surface area contributed by atoms with Gasteiger partial charge in [-0.05, 0) is 25.3 Å². The molecule has 1 fully saturated rings. The zero-order valence-corrected chi connectivity index (χ0v) is 10.4. The van der Waals surface area contributed by atoms with Crippen LogP contribution >= 0.6 is 0 Å². The normalized spacial score (nSPS) is 19.3. The molecule has 5 heteroatoms. The predicted octanol–water partition coefficient (Wildman–Crippen LogP) is 1.82. The summed E-state index contributed by atoms with van der Waals surface area (Å²) >= 11 is 0. The minimum Gasteiger partial charge on any atom is -0.475 e. The Labute approximate surface area is 106 Å². The number of carbonyl (C=O) groups is 1. The van der Waals surface area contributed by atoms with Gasteiger partial charge in [-0.25, -0.2) is 9.78 Å². The van der Waals surface area contributed by atoms with Crippen LogP contribution in [0, 0.1) is 0 Å². The van der Waals surface area contributed by atoms with E-state index in [1.165, 1.54) is 19.7 Å². The van der Waals surface area contributed by atoms with E-state index in [1.807, 2.05) is 0 Å². The number of methoxy groups -OCH3 is 1. The van der Waals surface area contributed by atoms with Crippen LogP contribution in [0.5, 0.6) is 5.88 Å². The molecule has 1 aromatic rings. The summed E-state index contributed by atoms with van der Waals surface area (Å²) < 4.78 is 15.7. The highest BCUT2D eigenvalue weighted by Gasteiger charge is 2.15. The minimum absolute atomic E-state index is 0.127. The fourth-order valence-electron chi connectivity index (χ4n) is 1.85. The van der Waals surface area contributed by atoms with Crippen LogP contribution in [0.3, 0.4) is 0 Å². The molecule has 0 aromatic carbocycles. The van der Waals surface area contributed by atoms with Crippen molar-refractivity contribution in [3.8, 4) is 5.88 Å². The highest BCUT2D eigenvalue weighted by Crippen LogP contribution is 2.15. The number of rotatable bonds is 4. The van der Waals surface area contributed by atoms with Gasteiger partial charge in [-0.2, -0.15) is 0 Å². The van der Waals surface area contributed by atoms with Gasteiger partial charge in [-0.15, -0.1) is 0 Å². The van der Waals surface area contributed by atoms with Crippen molar-refractivity contribution in [3.05, 3.63) is 23.9 Å². The zero-order valence-electron chi connectivity index (χ0n) is 10.4. The summed E-state index contributed by atoms with van der Waals surface area (Å²) in [5.74, 6) is 0.0308. The van der Waals surface area contributed by atoms with Crippen molar-refractivity contribution < 1.29 is 19.0 Å². The lowest BCUT2D eigenvalue weighted by molar-refractivity contribution is -0.0119. The molecule has 2 heterocycles. The maximum atomic E-state index is 11.3. The van der Waals surface area contributed by atoms with Crippen LogP contribution in [0.1, 0.15) is 29.6 Å². The van der Waals surface area contributed by atoms with Crippen LogP contribution in [0.25, 0.3) is 0 Å². The molecule has 1 atom stereocenters. The Bertz CT molecular complexity index is 402. The molecule has 0 N–H and O–H groups in total. The molecule has 0 bridgehead atoms. The third-order valence-corrected chi connectivity index (χ3v) is 2.85. The number of nitrogens with zero attached hydrogens (tertiary/aromatic N) is 1. The van der Waals surface area contributed by atoms with Crippen molar-refractivity contribution in [2.75, 3.05) is 20.3 Å². The third kappa shape index (κ3) is 3.43. The van der Waals surface area contributed by atoms with Gasteiger partial charge in [0.25, 0.3) is 0 Å². The number of hydrogen-bond acceptors (Lipinski definition) is 5. The Morgan fingerprint density at radius 1 is 1.56 bits per heavy atom. The second kappa shape index (κ2) is 6.35. The first-order valence-corrected chi connectivity index (χ1v) is 6.08. The maximum Gasteiger partial charge on any atom is 0.338 e. The molecule has 1 aliphatic rings. The average molecular weight is 251 g/mol. The molecule has 98 valence electrons. The number of ether oxygens (including phenoxy) is 3. The Morgan fingerprint density at radius 2 is 2.44 bits per heavy atom. The molecule has 0 radical (unpaired) electrons. The van der Waals surface area contributed by atoms with Crippen molar-refractivity contribution in [2.45, 2.75) is 25.4 Å². The smallest absolute Gasteiger partial charge is 0.338 e. The van der Waals surface area contributed by atoms with Crippen molar-refractivity contribution in [1.29, 1.82) is 0 Å². The summed E-state index contributed by atoms with van der Waals surface area (Å²) in [6.07, 6.45) is 4.96. The first-order valence-electron chi connectivity index (χ1n) is 6.08. The fraction of sp³-hybridized carbons (Fsp3) is 0.538. The molecule has 1 unspecified atom stereocenters. The Balaban J connectivity index is 1.90. The Morgan fingerprint density at radius 3 is 3.17 bits per heavy atom. The number of esters is 1. The molecule has 1 saturated heterocycles. The van der Waals surface area contributed by atoms with E-state index < -0.39 is 5.97 Å². The van der Waals surface area contributed by atoms with Gasteiger partial charge < -0.3 is 14.2 Å². The van der Waals surface area contributed by atoms with E-state index in [2.05, 4.69) is 9.72 Å². The van der Waals surface area contributed by atoms with E-state index in [1.54, 1.807) is 12.1 Å². The van der Waals surface area contributed by atoms with Gasteiger partial charge in [-0.1, -0.05) is 0 Å². The predicted molar refractivity (Wildman–Crippen MR) is 64.7 cm³/mol. The standard InChI is InChI=1S/C13H17NO4/c1-16-13(15)10-5-6-14-12(8-10)18-9-11-4-2-3-7-17-11/h5-6,8,11H,2-4,7,9H2,1H3. The van der Waals surface area contributed by atoms with Gasteiger partial charge in [0.05, 0.1) is 18.8 Å². The Hall–Kier alpha value is -1.62. The molecule has 18 heavy (non-hydrogen) atoms. The quantitative estimate of drug-likeness (QED) is 0.764. The molecule has 0 amide bonds. The van der Waals surface area contributed by atoms with Crippen LogP contribution in [0.2, 0.25) is 0 Å². The third-order valence-electron chi connectivity index (χ3n) is 2.85. The second-order valence-electron chi connectivity index (χ2n) is 4.17. The molecule has 0 aliphatic carbocycles. The molecule has 1 aromatic heterocycles. The largest absolute Gasteiger partial charge is 0.475 e. The van der Waals surface area contributed by atoms with Gasteiger partial charge in [0.2, 0.25) is 5.88 Å². The first kappa shape index (κ1) is 12.8. The van der Waals surface area contributed by atoms with Crippen molar-refractivity contribution >= 4 is 5.97 Å². The van der Waals surface area contributed by atoms with E-state index >= 15 is 0 Å². The van der Waals surface area contributed by atoms with Crippen LogP contribution < -0.4 is 4.74 Å². The summed E-state index contributed by atoms with van der Waals surface area (Å²) in [5, 5.41) is 0. The molecule has 0 saturated carbocycles. The van der Waals surface area contributed by atoms with E-state index in [-0.39, 0.29) is 6.10 Å². The van der Waals surface area contributed by atoms with Crippen LogP contribution in [0.15, 0.2) is 18.3 Å². The van der Waals surface area contributed by atoms with Crippen molar-refractivity contribution in [3.63, 3.8) is 0 Å². The van der Waals surface area contributed by atoms with E-state index in [4.69, 9.17) is 9.47 Å². The van der Waals surface area contributed by atoms with Crippen LogP contribution in [0.4, 0.5) is 0 Å².